The third kappa shape index (κ3) is 5.41. The average Bonchev–Trinajstić information content (AvgIpc) is 3.21. The van der Waals surface area contributed by atoms with Crippen LogP contribution < -0.4 is 5.32 Å². The molecule has 0 aliphatic rings. The highest BCUT2D eigenvalue weighted by atomic mass is 32.2. The van der Waals surface area contributed by atoms with Gasteiger partial charge in [0.05, 0.1) is 5.25 Å². The smallest absolute Gasteiger partial charge is 0.233 e. The molecule has 0 radical (unpaired) electrons. The fourth-order valence-corrected chi connectivity index (χ4v) is 4.16. The van der Waals surface area contributed by atoms with Crippen molar-refractivity contribution in [2.75, 3.05) is 0 Å². The molecule has 0 saturated carbocycles. The molecule has 0 spiro atoms. The quantitative estimate of drug-likeness (QED) is 0.415. The van der Waals surface area contributed by atoms with Gasteiger partial charge in [-0.2, -0.15) is 0 Å². The Kier molecular flexibility index (Phi) is 6.79. The molecule has 3 aromatic carbocycles. The number of benzene rings is 3. The molecule has 0 bridgehead atoms. The number of hydrogen-bond donors (Lipinski definition) is 1. The van der Waals surface area contributed by atoms with Gasteiger partial charge in [-0.1, -0.05) is 90.6 Å². The van der Waals surface area contributed by atoms with Gasteiger partial charge in [-0.3, -0.25) is 9.36 Å². The lowest BCUT2D eigenvalue weighted by Gasteiger charge is -2.14. The molecular formula is C25H24N4OS. The Morgan fingerprint density at radius 3 is 2.10 bits per heavy atom. The lowest BCUT2D eigenvalue weighted by Crippen LogP contribution is -2.30. The van der Waals surface area contributed by atoms with E-state index in [4.69, 9.17) is 0 Å². The number of carbonyl (C=O) groups excluding carboxylic acids is 1. The highest BCUT2D eigenvalue weighted by Crippen LogP contribution is 2.27. The number of para-hydroxylation sites is 1. The van der Waals surface area contributed by atoms with Gasteiger partial charge in [-0.25, -0.2) is 0 Å². The minimum atomic E-state index is -0.306. The van der Waals surface area contributed by atoms with Gasteiger partial charge in [0.25, 0.3) is 0 Å². The second-order valence-corrected chi connectivity index (χ2v) is 8.50. The molecule has 4 rings (SSSR count). The number of rotatable bonds is 8. The number of thioether (sulfide) groups is 1. The number of carbonyl (C=O) groups is 1. The highest BCUT2D eigenvalue weighted by Gasteiger charge is 2.21. The van der Waals surface area contributed by atoms with E-state index in [9.17, 15) is 4.79 Å². The Morgan fingerprint density at radius 2 is 1.45 bits per heavy atom. The minimum Gasteiger partial charge on any atom is -0.351 e. The lowest BCUT2D eigenvalue weighted by molar-refractivity contribution is -0.120. The van der Waals surface area contributed by atoms with Gasteiger partial charge in [0.1, 0.15) is 5.82 Å². The third-order valence-corrected chi connectivity index (χ3v) is 5.92. The van der Waals surface area contributed by atoms with E-state index >= 15 is 0 Å². The summed E-state index contributed by atoms with van der Waals surface area (Å²) in [5.41, 5.74) is 3.22. The van der Waals surface area contributed by atoms with Crippen LogP contribution in [-0.4, -0.2) is 25.9 Å². The van der Waals surface area contributed by atoms with Crippen molar-refractivity contribution in [3.05, 3.63) is 108 Å². The van der Waals surface area contributed by atoms with Gasteiger partial charge in [0.15, 0.2) is 5.16 Å². The normalized spacial score (nSPS) is 11.8. The van der Waals surface area contributed by atoms with Crippen molar-refractivity contribution < 1.29 is 4.79 Å². The Balaban J connectivity index is 1.52. The Labute approximate surface area is 186 Å². The van der Waals surface area contributed by atoms with Gasteiger partial charge in [0.2, 0.25) is 5.91 Å². The Bertz CT molecular complexity index is 1110. The summed E-state index contributed by atoms with van der Waals surface area (Å²) in [6.45, 7) is 2.40. The van der Waals surface area contributed by atoms with Crippen LogP contribution in [0.4, 0.5) is 0 Å². The van der Waals surface area contributed by atoms with Crippen LogP contribution in [0.3, 0.4) is 0 Å². The molecule has 0 saturated heterocycles. The molecule has 1 unspecified atom stereocenters. The number of nitrogens with zero attached hydrogens (tertiary/aromatic N) is 3. The third-order valence-electron chi connectivity index (χ3n) is 4.88. The molecule has 1 N–H and O–H groups in total. The average molecular weight is 429 g/mol. The maximum absolute atomic E-state index is 12.7. The van der Waals surface area contributed by atoms with Crippen molar-refractivity contribution >= 4 is 17.7 Å². The molecule has 1 heterocycles. The standard InChI is InChI=1S/C25H24N4OS/c1-19(24(30)26-18-21-13-7-3-8-14-21)31-25-28-27-23(17-20-11-5-2-6-12-20)29(25)22-15-9-4-10-16-22/h2-16,19H,17-18H2,1H3,(H,26,30). The van der Waals surface area contributed by atoms with Crippen LogP contribution in [0.1, 0.15) is 23.9 Å². The number of aromatic nitrogens is 3. The summed E-state index contributed by atoms with van der Waals surface area (Å²) >= 11 is 1.42. The number of nitrogens with one attached hydrogen (secondary N) is 1. The maximum atomic E-state index is 12.7. The van der Waals surface area contributed by atoms with Crippen LogP contribution in [0.5, 0.6) is 0 Å². The van der Waals surface area contributed by atoms with Crippen molar-refractivity contribution in [1.29, 1.82) is 0 Å². The predicted molar refractivity (Wildman–Crippen MR) is 124 cm³/mol. The van der Waals surface area contributed by atoms with Crippen LogP contribution in [0.2, 0.25) is 0 Å². The van der Waals surface area contributed by atoms with E-state index in [0.717, 1.165) is 22.6 Å². The monoisotopic (exact) mass is 428 g/mol. The van der Waals surface area contributed by atoms with Crippen LogP contribution in [0, 0.1) is 0 Å². The molecular weight excluding hydrogens is 404 g/mol. The molecule has 6 heteroatoms. The maximum Gasteiger partial charge on any atom is 0.233 e. The Morgan fingerprint density at radius 1 is 0.871 bits per heavy atom. The SMILES string of the molecule is CC(Sc1nnc(Cc2ccccc2)n1-c1ccccc1)C(=O)NCc1ccccc1. The molecule has 156 valence electrons. The van der Waals surface area contributed by atoms with Gasteiger partial charge >= 0.3 is 0 Å². The second-order valence-electron chi connectivity index (χ2n) is 7.20. The summed E-state index contributed by atoms with van der Waals surface area (Å²) in [6.07, 6.45) is 0.665. The van der Waals surface area contributed by atoms with E-state index in [1.807, 2.05) is 90.4 Å². The molecule has 0 fully saturated rings. The van der Waals surface area contributed by atoms with Crippen molar-refractivity contribution in [3.63, 3.8) is 0 Å². The largest absolute Gasteiger partial charge is 0.351 e. The molecule has 1 atom stereocenters. The van der Waals surface area contributed by atoms with E-state index in [1.54, 1.807) is 0 Å². The molecule has 4 aromatic rings. The first-order valence-electron chi connectivity index (χ1n) is 10.2. The van der Waals surface area contributed by atoms with Crippen LogP contribution in [-0.2, 0) is 17.8 Å². The zero-order valence-electron chi connectivity index (χ0n) is 17.3. The van der Waals surface area contributed by atoms with Crippen LogP contribution in [0.25, 0.3) is 5.69 Å². The molecule has 5 nitrogen and oxygen atoms in total. The zero-order chi connectivity index (χ0) is 21.5. The van der Waals surface area contributed by atoms with E-state index in [-0.39, 0.29) is 11.2 Å². The van der Waals surface area contributed by atoms with Crippen LogP contribution in [0.15, 0.2) is 96.2 Å². The molecule has 0 aliphatic heterocycles. The first-order valence-corrected chi connectivity index (χ1v) is 11.1. The minimum absolute atomic E-state index is 0.0268. The fourth-order valence-electron chi connectivity index (χ4n) is 3.25. The summed E-state index contributed by atoms with van der Waals surface area (Å²) in [4.78, 5) is 12.7. The number of amides is 1. The summed E-state index contributed by atoms with van der Waals surface area (Å²) in [5, 5.41) is 12.3. The van der Waals surface area contributed by atoms with Gasteiger partial charge in [-0.05, 0) is 30.2 Å². The predicted octanol–water partition coefficient (Wildman–Crippen LogP) is 4.66. The summed E-state index contributed by atoms with van der Waals surface area (Å²) in [7, 11) is 0. The summed E-state index contributed by atoms with van der Waals surface area (Å²) in [6, 6.07) is 30.1. The molecule has 0 aliphatic carbocycles. The van der Waals surface area contributed by atoms with Gasteiger partial charge in [0, 0.05) is 18.7 Å². The number of hydrogen-bond acceptors (Lipinski definition) is 4. The van der Waals surface area contributed by atoms with E-state index in [2.05, 4.69) is 27.6 Å². The van der Waals surface area contributed by atoms with Gasteiger partial charge in [-0.15, -0.1) is 10.2 Å². The van der Waals surface area contributed by atoms with E-state index in [0.29, 0.717) is 18.1 Å². The molecule has 1 aromatic heterocycles. The highest BCUT2D eigenvalue weighted by molar-refractivity contribution is 8.00. The Hall–Kier alpha value is -3.38. The van der Waals surface area contributed by atoms with Crippen molar-refractivity contribution in [3.8, 4) is 5.69 Å². The first-order chi connectivity index (χ1) is 15.2. The molecule has 31 heavy (non-hydrogen) atoms. The first kappa shape index (κ1) is 20.9. The lowest BCUT2D eigenvalue weighted by atomic mass is 10.1. The van der Waals surface area contributed by atoms with Gasteiger partial charge < -0.3 is 5.32 Å². The summed E-state index contributed by atoms with van der Waals surface area (Å²) in [5.74, 6) is 0.817. The van der Waals surface area contributed by atoms with E-state index < -0.39 is 0 Å². The van der Waals surface area contributed by atoms with Crippen molar-refractivity contribution in [1.82, 2.24) is 20.1 Å². The molecule has 1 amide bonds. The van der Waals surface area contributed by atoms with Crippen LogP contribution >= 0.6 is 11.8 Å². The fraction of sp³-hybridized carbons (Fsp3) is 0.160. The second kappa shape index (κ2) is 10.1. The van der Waals surface area contributed by atoms with Crippen molar-refractivity contribution in [2.24, 2.45) is 0 Å². The van der Waals surface area contributed by atoms with E-state index in [1.165, 1.54) is 11.8 Å². The van der Waals surface area contributed by atoms with Crippen molar-refractivity contribution in [2.45, 2.75) is 30.3 Å². The summed E-state index contributed by atoms with van der Waals surface area (Å²) < 4.78 is 2.04. The topological polar surface area (TPSA) is 59.8 Å². The zero-order valence-corrected chi connectivity index (χ0v) is 18.1.